The molecule has 1 amide bonds. The lowest BCUT2D eigenvalue weighted by atomic mass is 9.94. The van der Waals surface area contributed by atoms with Crippen molar-refractivity contribution in [2.75, 3.05) is 26.4 Å². The van der Waals surface area contributed by atoms with E-state index < -0.39 is 0 Å². The van der Waals surface area contributed by atoms with Gasteiger partial charge in [-0.1, -0.05) is 30.3 Å². The molecule has 5 heteroatoms. The summed E-state index contributed by atoms with van der Waals surface area (Å²) < 4.78 is 10.8. The second kappa shape index (κ2) is 6.89. The highest BCUT2D eigenvalue weighted by molar-refractivity contribution is 5.95. The smallest absolute Gasteiger partial charge is 0.254 e. The van der Waals surface area contributed by atoms with Crippen LogP contribution in [0.5, 0.6) is 11.5 Å². The van der Waals surface area contributed by atoms with Crippen LogP contribution in [-0.2, 0) is 6.54 Å². The number of hydrogen-bond donors (Lipinski definition) is 0. The maximum Gasteiger partial charge on any atom is 0.254 e. The lowest BCUT2D eigenvalue weighted by Crippen LogP contribution is -2.43. The third-order valence-electron chi connectivity index (χ3n) is 5.96. The minimum absolute atomic E-state index is 0.103. The van der Waals surface area contributed by atoms with E-state index in [0.29, 0.717) is 23.3 Å². The highest BCUT2D eigenvalue weighted by Gasteiger charge is 2.36. The van der Waals surface area contributed by atoms with Gasteiger partial charge in [0.05, 0.1) is 0 Å². The van der Waals surface area contributed by atoms with Gasteiger partial charge < -0.3 is 14.4 Å². The van der Waals surface area contributed by atoms with E-state index in [0.717, 1.165) is 31.9 Å². The third kappa shape index (κ3) is 3.28. The van der Waals surface area contributed by atoms with Crippen molar-refractivity contribution in [3.8, 4) is 11.5 Å². The molecule has 0 saturated carbocycles. The van der Waals surface area contributed by atoms with Crippen molar-refractivity contribution in [1.29, 1.82) is 0 Å². The summed E-state index contributed by atoms with van der Waals surface area (Å²) in [5, 5.41) is 0. The topological polar surface area (TPSA) is 42.0 Å². The molecule has 2 atom stereocenters. The largest absolute Gasteiger partial charge is 0.454 e. The Bertz CT molecular complexity index is 839. The summed E-state index contributed by atoms with van der Waals surface area (Å²) in [5.41, 5.74) is 2.04. The zero-order valence-electron chi connectivity index (χ0n) is 15.3. The van der Waals surface area contributed by atoms with Gasteiger partial charge >= 0.3 is 0 Å². The van der Waals surface area contributed by atoms with Crippen LogP contribution >= 0.6 is 0 Å². The first kappa shape index (κ1) is 16.6. The summed E-state index contributed by atoms with van der Waals surface area (Å²) in [7, 11) is 0. The Balaban J connectivity index is 1.33. The molecule has 2 aromatic carbocycles. The van der Waals surface area contributed by atoms with E-state index in [2.05, 4.69) is 35.2 Å². The van der Waals surface area contributed by atoms with Gasteiger partial charge in [0.25, 0.3) is 5.91 Å². The van der Waals surface area contributed by atoms with Gasteiger partial charge in [0.15, 0.2) is 11.5 Å². The zero-order chi connectivity index (χ0) is 18.2. The maximum atomic E-state index is 13.1. The number of amides is 1. The molecular weight excluding hydrogens is 340 g/mol. The van der Waals surface area contributed by atoms with Crippen molar-refractivity contribution in [1.82, 2.24) is 9.80 Å². The molecule has 0 N–H and O–H groups in total. The average molecular weight is 364 g/mol. The van der Waals surface area contributed by atoms with Crippen molar-refractivity contribution < 1.29 is 14.3 Å². The van der Waals surface area contributed by atoms with Crippen LogP contribution in [0.1, 0.15) is 28.8 Å². The predicted octanol–water partition coefficient (Wildman–Crippen LogP) is 3.15. The Kier molecular flexibility index (Phi) is 4.24. The molecule has 5 nitrogen and oxygen atoms in total. The van der Waals surface area contributed by atoms with Crippen molar-refractivity contribution >= 4 is 5.91 Å². The Morgan fingerprint density at radius 2 is 1.81 bits per heavy atom. The Labute approximate surface area is 159 Å². The van der Waals surface area contributed by atoms with Crippen LogP contribution in [0.15, 0.2) is 48.5 Å². The summed E-state index contributed by atoms with van der Waals surface area (Å²) >= 11 is 0. The molecule has 2 aromatic rings. The molecule has 6 rings (SSSR count). The van der Waals surface area contributed by atoms with Crippen LogP contribution in [-0.4, -0.2) is 48.2 Å². The van der Waals surface area contributed by atoms with Crippen molar-refractivity contribution in [3.63, 3.8) is 0 Å². The van der Waals surface area contributed by atoms with Gasteiger partial charge in [-0.2, -0.15) is 0 Å². The van der Waals surface area contributed by atoms with Gasteiger partial charge in [-0.05, 0) is 42.5 Å². The number of carbonyl (C=O) groups is 1. The lowest BCUT2D eigenvalue weighted by molar-refractivity contribution is 0.0735. The van der Waals surface area contributed by atoms with Crippen molar-refractivity contribution in [3.05, 3.63) is 59.7 Å². The Morgan fingerprint density at radius 1 is 0.963 bits per heavy atom. The molecule has 0 unspecified atom stereocenters. The average Bonchev–Trinajstić information content (AvgIpc) is 2.99. The number of hydrogen-bond acceptors (Lipinski definition) is 4. The van der Waals surface area contributed by atoms with E-state index in [4.69, 9.17) is 9.47 Å². The summed E-state index contributed by atoms with van der Waals surface area (Å²) in [4.78, 5) is 17.8. The molecule has 3 saturated heterocycles. The molecule has 3 fully saturated rings. The van der Waals surface area contributed by atoms with Crippen LogP contribution in [0.3, 0.4) is 0 Å². The van der Waals surface area contributed by atoms with Crippen molar-refractivity contribution in [2.45, 2.75) is 25.4 Å². The van der Waals surface area contributed by atoms with Crippen LogP contribution in [0.25, 0.3) is 0 Å². The molecule has 0 aliphatic carbocycles. The summed E-state index contributed by atoms with van der Waals surface area (Å²) in [6.07, 6.45) is 2.38. The SMILES string of the molecule is O=C(c1ccc2c(c1)OCO2)N1C[C@@H]2CC[C@H](C1)N(Cc1ccccc1)C2. The molecule has 4 heterocycles. The number of fused-ring (bicyclic) bond motifs is 5. The van der Waals surface area contributed by atoms with E-state index in [1.54, 1.807) is 0 Å². The highest BCUT2D eigenvalue weighted by atomic mass is 16.7. The lowest BCUT2D eigenvalue weighted by Gasteiger charge is -2.36. The second-order valence-corrected chi connectivity index (χ2v) is 7.79. The van der Waals surface area contributed by atoms with Crippen LogP contribution in [0.2, 0.25) is 0 Å². The maximum absolute atomic E-state index is 13.1. The van der Waals surface area contributed by atoms with E-state index in [1.807, 2.05) is 23.1 Å². The molecule has 0 aromatic heterocycles. The second-order valence-electron chi connectivity index (χ2n) is 7.79. The van der Waals surface area contributed by atoms with Gasteiger partial charge in [0.1, 0.15) is 0 Å². The van der Waals surface area contributed by atoms with Gasteiger partial charge in [-0.3, -0.25) is 9.69 Å². The fourth-order valence-corrected chi connectivity index (χ4v) is 4.57. The molecule has 2 bridgehead atoms. The van der Waals surface area contributed by atoms with Gasteiger partial charge in [0, 0.05) is 37.8 Å². The number of carbonyl (C=O) groups excluding carboxylic acids is 1. The molecule has 0 radical (unpaired) electrons. The van der Waals surface area contributed by atoms with Crippen LogP contribution in [0.4, 0.5) is 0 Å². The monoisotopic (exact) mass is 364 g/mol. The zero-order valence-corrected chi connectivity index (χ0v) is 15.3. The number of nitrogens with zero attached hydrogens (tertiary/aromatic N) is 2. The van der Waals surface area contributed by atoms with Gasteiger partial charge in [-0.25, -0.2) is 0 Å². The summed E-state index contributed by atoms with van der Waals surface area (Å²) in [6, 6.07) is 16.6. The first-order valence-corrected chi connectivity index (χ1v) is 9.73. The van der Waals surface area contributed by atoms with Gasteiger partial charge in [0.2, 0.25) is 6.79 Å². The summed E-state index contributed by atoms with van der Waals surface area (Å²) in [6.45, 7) is 3.92. The Hall–Kier alpha value is -2.53. The van der Waals surface area contributed by atoms with Crippen LogP contribution in [0, 0.1) is 5.92 Å². The quantitative estimate of drug-likeness (QED) is 0.839. The van der Waals surface area contributed by atoms with Crippen LogP contribution < -0.4 is 9.47 Å². The number of ether oxygens (including phenoxy) is 2. The molecule has 4 aliphatic heterocycles. The van der Waals surface area contributed by atoms with E-state index in [1.165, 1.54) is 18.4 Å². The van der Waals surface area contributed by atoms with Crippen molar-refractivity contribution in [2.24, 2.45) is 5.92 Å². The normalized spacial score (nSPS) is 24.1. The molecule has 27 heavy (non-hydrogen) atoms. The van der Waals surface area contributed by atoms with E-state index in [-0.39, 0.29) is 12.7 Å². The highest BCUT2D eigenvalue weighted by Crippen LogP contribution is 2.34. The predicted molar refractivity (Wildman–Crippen MR) is 102 cm³/mol. The standard InChI is InChI=1S/C22H24N2O3/c25-22(18-7-9-20-21(10-18)27-15-26-20)24-13-17-6-8-19(14-24)23(12-17)11-16-4-2-1-3-5-16/h1-5,7,9-10,17,19H,6,8,11-15H2/t17-,19-/m1/s1. The molecule has 4 aliphatic rings. The fourth-order valence-electron chi connectivity index (χ4n) is 4.57. The minimum Gasteiger partial charge on any atom is -0.454 e. The number of benzene rings is 2. The Morgan fingerprint density at radius 3 is 2.70 bits per heavy atom. The molecular formula is C22H24N2O3. The number of rotatable bonds is 3. The van der Waals surface area contributed by atoms with E-state index >= 15 is 0 Å². The summed E-state index contributed by atoms with van der Waals surface area (Å²) in [5.74, 6) is 2.04. The number of piperidine rings is 1. The third-order valence-corrected chi connectivity index (χ3v) is 5.96. The molecule has 140 valence electrons. The first-order chi connectivity index (χ1) is 13.3. The first-order valence-electron chi connectivity index (χ1n) is 9.73. The minimum atomic E-state index is 0.103. The van der Waals surface area contributed by atoms with Gasteiger partial charge in [-0.15, -0.1) is 0 Å². The van der Waals surface area contributed by atoms with E-state index in [9.17, 15) is 4.79 Å². The molecule has 0 spiro atoms. The fraction of sp³-hybridized carbons (Fsp3) is 0.409.